The smallest absolute Gasteiger partial charge is 0.201 e. The molecule has 0 spiro atoms. The molecule has 15 heavy (non-hydrogen) atoms. The van der Waals surface area contributed by atoms with Crippen LogP contribution >= 0.6 is 0 Å². The minimum Gasteiger partial charge on any atom is -0.389 e. The molecule has 0 saturated heterocycles. The van der Waals surface area contributed by atoms with Crippen molar-refractivity contribution in [1.82, 2.24) is 0 Å². The van der Waals surface area contributed by atoms with Crippen molar-refractivity contribution in [1.29, 1.82) is 0 Å². The summed E-state index contributed by atoms with van der Waals surface area (Å²) in [5, 5.41) is 10.7. The van der Waals surface area contributed by atoms with Crippen LogP contribution in [0, 0.1) is 6.92 Å². The standard InChI is InChI=1S/C11H12O3S/c1-7-4-3-5-9-10(8(2)12)6-15(13,14)11(7)9/h3-6,8,12H,1-2H3. The Bertz CT molecular complexity index is 539. The molecule has 1 heterocycles. The van der Waals surface area contributed by atoms with Crippen LogP contribution in [0.15, 0.2) is 28.5 Å². The first-order valence-corrected chi connectivity index (χ1v) is 6.23. The summed E-state index contributed by atoms with van der Waals surface area (Å²) in [6.07, 6.45) is -0.761. The Morgan fingerprint density at radius 3 is 2.60 bits per heavy atom. The first-order chi connectivity index (χ1) is 6.93. The van der Waals surface area contributed by atoms with Crippen LogP contribution in [0.1, 0.15) is 18.1 Å². The van der Waals surface area contributed by atoms with E-state index in [1.165, 1.54) is 0 Å². The minimum atomic E-state index is -3.35. The minimum absolute atomic E-state index is 0.334. The average Bonchev–Trinajstić information content (AvgIpc) is 2.39. The summed E-state index contributed by atoms with van der Waals surface area (Å²) in [6, 6.07) is 5.28. The predicted molar refractivity (Wildman–Crippen MR) is 58.0 cm³/mol. The van der Waals surface area contributed by atoms with Crippen molar-refractivity contribution in [2.24, 2.45) is 0 Å². The number of hydrogen-bond acceptors (Lipinski definition) is 3. The highest BCUT2D eigenvalue weighted by atomic mass is 32.2. The van der Waals surface area contributed by atoms with E-state index in [1.54, 1.807) is 32.0 Å². The maximum absolute atomic E-state index is 11.8. The summed E-state index contributed by atoms with van der Waals surface area (Å²) < 4.78 is 23.6. The molecule has 1 atom stereocenters. The van der Waals surface area contributed by atoms with Crippen molar-refractivity contribution < 1.29 is 13.5 Å². The third-order valence-electron chi connectivity index (χ3n) is 2.54. The highest BCUT2D eigenvalue weighted by molar-refractivity contribution is 7.95. The van der Waals surface area contributed by atoms with Crippen LogP contribution in [-0.4, -0.2) is 19.6 Å². The second-order valence-corrected chi connectivity index (χ2v) is 5.48. The molecular weight excluding hydrogens is 212 g/mol. The highest BCUT2D eigenvalue weighted by Crippen LogP contribution is 2.36. The predicted octanol–water partition coefficient (Wildman–Crippen LogP) is 1.50. The molecule has 0 fully saturated rings. The summed E-state index contributed by atoms with van der Waals surface area (Å²) in [5.74, 6) is 0. The van der Waals surface area contributed by atoms with Crippen LogP contribution in [0.25, 0.3) is 5.57 Å². The van der Waals surface area contributed by atoms with Crippen molar-refractivity contribution in [2.75, 3.05) is 0 Å². The van der Waals surface area contributed by atoms with Crippen LogP contribution in [0.5, 0.6) is 0 Å². The molecule has 0 aliphatic carbocycles. The Kier molecular flexibility index (Phi) is 2.20. The maximum Gasteiger partial charge on any atom is 0.201 e. The van der Waals surface area contributed by atoms with Crippen LogP contribution in [-0.2, 0) is 9.84 Å². The van der Waals surface area contributed by atoms with Crippen molar-refractivity contribution in [3.05, 3.63) is 34.7 Å². The number of aryl methyl sites for hydroxylation is 1. The zero-order valence-electron chi connectivity index (χ0n) is 8.56. The third-order valence-corrected chi connectivity index (χ3v) is 4.21. The molecule has 4 heteroatoms. The monoisotopic (exact) mass is 224 g/mol. The average molecular weight is 224 g/mol. The fourth-order valence-electron chi connectivity index (χ4n) is 1.87. The Balaban J connectivity index is 2.79. The van der Waals surface area contributed by atoms with Gasteiger partial charge in [-0.2, -0.15) is 0 Å². The van der Waals surface area contributed by atoms with E-state index in [0.29, 0.717) is 16.0 Å². The topological polar surface area (TPSA) is 54.4 Å². The molecule has 0 radical (unpaired) electrons. The first kappa shape index (κ1) is 10.4. The molecule has 1 aromatic carbocycles. The molecule has 80 valence electrons. The molecular formula is C11H12O3S. The summed E-state index contributed by atoms with van der Waals surface area (Å²) in [6.45, 7) is 3.33. The van der Waals surface area contributed by atoms with Gasteiger partial charge in [-0.15, -0.1) is 0 Å². The van der Waals surface area contributed by atoms with Gasteiger partial charge in [-0.25, -0.2) is 8.42 Å². The van der Waals surface area contributed by atoms with Gasteiger partial charge in [0.2, 0.25) is 9.84 Å². The molecule has 2 rings (SSSR count). The Hall–Kier alpha value is -1.13. The van der Waals surface area contributed by atoms with Gasteiger partial charge in [0.05, 0.1) is 11.0 Å². The van der Waals surface area contributed by atoms with E-state index in [0.717, 1.165) is 11.0 Å². The van der Waals surface area contributed by atoms with Gasteiger partial charge < -0.3 is 5.11 Å². The number of hydrogen-bond donors (Lipinski definition) is 1. The number of sulfone groups is 1. The maximum atomic E-state index is 11.8. The number of fused-ring (bicyclic) bond motifs is 1. The van der Waals surface area contributed by atoms with E-state index in [-0.39, 0.29) is 0 Å². The lowest BCUT2D eigenvalue weighted by Gasteiger charge is -2.07. The fraction of sp³-hybridized carbons (Fsp3) is 0.273. The van der Waals surface area contributed by atoms with E-state index in [4.69, 9.17) is 0 Å². The number of aliphatic hydroxyl groups excluding tert-OH is 1. The molecule has 1 aliphatic heterocycles. The molecule has 3 nitrogen and oxygen atoms in total. The third kappa shape index (κ3) is 1.50. The van der Waals surface area contributed by atoms with Gasteiger partial charge in [0.1, 0.15) is 0 Å². The lowest BCUT2D eigenvalue weighted by molar-refractivity contribution is 0.253. The lowest BCUT2D eigenvalue weighted by Crippen LogP contribution is -2.02. The SMILES string of the molecule is Cc1cccc2c1S(=O)(=O)C=C2C(C)O. The van der Waals surface area contributed by atoms with E-state index < -0.39 is 15.9 Å². The second kappa shape index (κ2) is 3.18. The summed E-state index contributed by atoms with van der Waals surface area (Å²) in [4.78, 5) is 0.334. The second-order valence-electron chi connectivity index (χ2n) is 3.75. The van der Waals surface area contributed by atoms with Gasteiger partial charge in [-0.3, -0.25) is 0 Å². The van der Waals surface area contributed by atoms with Crippen LogP contribution in [0.2, 0.25) is 0 Å². The van der Waals surface area contributed by atoms with Crippen molar-refractivity contribution in [3.8, 4) is 0 Å². The number of aliphatic hydroxyl groups is 1. The molecule has 1 aromatic rings. The molecule has 0 amide bonds. The number of benzene rings is 1. The Labute approximate surface area is 89.0 Å². The van der Waals surface area contributed by atoms with E-state index in [2.05, 4.69) is 0 Å². The number of rotatable bonds is 1. The molecule has 1 aliphatic rings. The van der Waals surface area contributed by atoms with Gasteiger partial charge in [0, 0.05) is 16.5 Å². The van der Waals surface area contributed by atoms with Gasteiger partial charge >= 0.3 is 0 Å². The Morgan fingerprint density at radius 2 is 2.00 bits per heavy atom. The van der Waals surface area contributed by atoms with Crippen LogP contribution in [0.3, 0.4) is 0 Å². The van der Waals surface area contributed by atoms with Crippen LogP contribution < -0.4 is 0 Å². The zero-order valence-corrected chi connectivity index (χ0v) is 9.38. The fourth-order valence-corrected chi connectivity index (χ4v) is 3.66. The van der Waals surface area contributed by atoms with Crippen molar-refractivity contribution in [3.63, 3.8) is 0 Å². The summed E-state index contributed by atoms with van der Waals surface area (Å²) in [5.41, 5.74) is 1.83. The summed E-state index contributed by atoms with van der Waals surface area (Å²) >= 11 is 0. The van der Waals surface area contributed by atoms with Gasteiger partial charge in [0.25, 0.3) is 0 Å². The van der Waals surface area contributed by atoms with Crippen molar-refractivity contribution in [2.45, 2.75) is 24.8 Å². The van der Waals surface area contributed by atoms with Gasteiger partial charge in [-0.1, -0.05) is 18.2 Å². The lowest BCUT2D eigenvalue weighted by atomic mass is 10.0. The van der Waals surface area contributed by atoms with Gasteiger partial charge in [0.15, 0.2) is 0 Å². The molecule has 1 N–H and O–H groups in total. The normalized spacial score (nSPS) is 19.5. The molecule has 1 unspecified atom stereocenters. The van der Waals surface area contributed by atoms with E-state index >= 15 is 0 Å². The van der Waals surface area contributed by atoms with E-state index in [1.807, 2.05) is 0 Å². The molecule has 0 bridgehead atoms. The highest BCUT2D eigenvalue weighted by Gasteiger charge is 2.30. The first-order valence-electron chi connectivity index (χ1n) is 4.68. The summed E-state index contributed by atoms with van der Waals surface area (Å²) in [7, 11) is -3.35. The molecule has 0 aromatic heterocycles. The Morgan fingerprint density at radius 1 is 1.33 bits per heavy atom. The largest absolute Gasteiger partial charge is 0.389 e. The van der Waals surface area contributed by atoms with Crippen LogP contribution in [0.4, 0.5) is 0 Å². The van der Waals surface area contributed by atoms with E-state index in [9.17, 15) is 13.5 Å². The van der Waals surface area contributed by atoms with Gasteiger partial charge in [-0.05, 0) is 19.4 Å². The zero-order chi connectivity index (χ0) is 11.2. The quantitative estimate of drug-likeness (QED) is 0.786. The van der Waals surface area contributed by atoms with Crippen molar-refractivity contribution >= 4 is 15.4 Å². The molecule has 0 saturated carbocycles.